The predicted molar refractivity (Wildman–Crippen MR) is 107 cm³/mol. The molecule has 0 bridgehead atoms. The summed E-state index contributed by atoms with van der Waals surface area (Å²) >= 11 is 0. The number of hydrogen-bond donors (Lipinski definition) is 2. The van der Waals surface area contributed by atoms with Gasteiger partial charge in [0.2, 0.25) is 0 Å². The smallest absolute Gasteiger partial charge is 0.294 e. The molecule has 1 amide bonds. The first-order valence-corrected chi connectivity index (χ1v) is 9.87. The maximum absolute atomic E-state index is 12.7. The van der Waals surface area contributed by atoms with E-state index in [2.05, 4.69) is 5.32 Å². The minimum absolute atomic E-state index is 0.0194. The molecule has 1 saturated heterocycles. The Morgan fingerprint density at radius 2 is 1.93 bits per heavy atom. The molecule has 0 aliphatic carbocycles. The first-order valence-electron chi connectivity index (χ1n) is 9.87. The van der Waals surface area contributed by atoms with Gasteiger partial charge in [0.25, 0.3) is 12.4 Å². The molecule has 27 heavy (non-hydrogen) atoms. The Hall–Kier alpha value is -2.08. The highest BCUT2D eigenvalue weighted by molar-refractivity contribution is 5.94. The predicted octanol–water partition coefficient (Wildman–Crippen LogP) is 3.50. The van der Waals surface area contributed by atoms with Crippen LogP contribution in [0.3, 0.4) is 0 Å². The van der Waals surface area contributed by atoms with Gasteiger partial charge in [-0.15, -0.1) is 0 Å². The molecule has 0 saturated carbocycles. The molecule has 1 aromatic carbocycles. The van der Waals surface area contributed by atoms with Gasteiger partial charge < -0.3 is 14.7 Å². The molecule has 6 nitrogen and oxygen atoms in total. The molecule has 1 fully saturated rings. The fourth-order valence-electron chi connectivity index (χ4n) is 3.14. The molecule has 0 spiro atoms. The first kappa shape index (κ1) is 23.0. The van der Waals surface area contributed by atoms with Gasteiger partial charge in [-0.1, -0.05) is 27.7 Å². The molecule has 152 valence electrons. The third-order valence-corrected chi connectivity index (χ3v) is 4.75. The van der Waals surface area contributed by atoms with Crippen molar-refractivity contribution in [2.45, 2.75) is 59.6 Å². The summed E-state index contributed by atoms with van der Waals surface area (Å²) in [5, 5.41) is 13.1. The zero-order valence-corrected chi connectivity index (χ0v) is 17.2. The zero-order chi connectivity index (χ0) is 20.4. The second-order valence-electron chi connectivity index (χ2n) is 6.95. The van der Waals surface area contributed by atoms with Crippen LogP contribution in [0.2, 0.25) is 0 Å². The minimum atomic E-state index is -0.288. The van der Waals surface area contributed by atoms with E-state index in [0.717, 1.165) is 24.9 Å². The van der Waals surface area contributed by atoms with Gasteiger partial charge in [0, 0.05) is 25.2 Å². The quantitative estimate of drug-likeness (QED) is 0.561. The van der Waals surface area contributed by atoms with Crippen LogP contribution in [-0.2, 0) is 9.53 Å². The molecule has 2 rings (SSSR count). The summed E-state index contributed by atoms with van der Waals surface area (Å²) in [5.41, 5.74) is 1.43. The number of piperidine rings is 1. The lowest BCUT2D eigenvalue weighted by atomic mass is 9.95. The molecule has 1 unspecified atom stereocenters. The number of ether oxygens (including phenoxy) is 1. The van der Waals surface area contributed by atoms with Crippen molar-refractivity contribution >= 4 is 12.4 Å². The van der Waals surface area contributed by atoms with Crippen molar-refractivity contribution < 1.29 is 19.4 Å². The molecule has 1 atom stereocenters. The third-order valence-electron chi connectivity index (χ3n) is 4.75. The second-order valence-corrected chi connectivity index (χ2v) is 6.95. The number of phenols is 1. The van der Waals surface area contributed by atoms with Crippen molar-refractivity contribution in [3.05, 3.63) is 29.3 Å². The number of carbonyl (C=O) groups is 2. The number of hydrogen-bond acceptors (Lipinski definition) is 5. The van der Waals surface area contributed by atoms with Crippen molar-refractivity contribution in [1.29, 1.82) is 0 Å². The number of nitrogens with zero attached hydrogens (tertiary/aromatic N) is 1. The normalized spacial score (nSPS) is 15.7. The second kappa shape index (κ2) is 11.6. The van der Waals surface area contributed by atoms with E-state index in [1.165, 1.54) is 0 Å². The van der Waals surface area contributed by atoms with Crippen molar-refractivity contribution in [3.63, 3.8) is 0 Å². The molecule has 1 aliphatic heterocycles. The Balaban J connectivity index is 0.00000176. The molecule has 0 aromatic heterocycles. The van der Waals surface area contributed by atoms with Crippen molar-refractivity contribution in [2.24, 2.45) is 5.92 Å². The summed E-state index contributed by atoms with van der Waals surface area (Å²) in [6.45, 7) is 12.4. The van der Waals surface area contributed by atoms with Crippen LogP contribution in [0, 0.1) is 5.92 Å². The fraction of sp³-hybridized carbons (Fsp3) is 0.619. The van der Waals surface area contributed by atoms with Crippen LogP contribution in [0.25, 0.3) is 0 Å². The van der Waals surface area contributed by atoms with Crippen LogP contribution in [-0.4, -0.2) is 48.2 Å². The van der Waals surface area contributed by atoms with E-state index in [4.69, 9.17) is 4.74 Å². The number of aromatic hydroxyl groups is 1. The third kappa shape index (κ3) is 6.86. The maximum atomic E-state index is 12.7. The zero-order valence-electron chi connectivity index (χ0n) is 17.2. The minimum Gasteiger partial charge on any atom is -0.508 e. The first-order chi connectivity index (χ1) is 12.9. The average molecular weight is 379 g/mol. The molecule has 1 aliphatic rings. The summed E-state index contributed by atoms with van der Waals surface area (Å²) in [4.78, 5) is 24.9. The van der Waals surface area contributed by atoms with Crippen LogP contribution in [0.1, 0.15) is 69.3 Å². The van der Waals surface area contributed by atoms with Gasteiger partial charge in [0.15, 0.2) is 0 Å². The van der Waals surface area contributed by atoms with Crippen LogP contribution in [0.4, 0.5) is 0 Å². The van der Waals surface area contributed by atoms with Gasteiger partial charge in [-0.05, 0) is 55.4 Å². The van der Waals surface area contributed by atoms with Crippen LogP contribution in [0.5, 0.6) is 5.75 Å². The number of benzene rings is 1. The number of nitrogens with one attached hydrogen (secondary N) is 1. The van der Waals surface area contributed by atoms with Gasteiger partial charge in [-0.25, -0.2) is 0 Å². The molecule has 6 heteroatoms. The van der Waals surface area contributed by atoms with Crippen LogP contribution >= 0.6 is 0 Å². The lowest BCUT2D eigenvalue weighted by Crippen LogP contribution is -2.42. The Bertz CT molecular complexity index is 596. The van der Waals surface area contributed by atoms with Gasteiger partial charge in [-0.3, -0.25) is 14.9 Å². The molecular formula is C21H34N2O4. The summed E-state index contributed by atoms with van der Waals surface area (Å²) in [5.74, 6) is 0.891. The van der Waals surface area contributed by atoms with Crippen molar-refractivity contribution in [1.82, 2.24) is 10.2 Å². The molecule has 0 radical (unpaired) electrons. The number of likely N-dealkylation sites (tertiary alicyclic amines) is 1. The Labute approximate surface area is 162 Å². The summed E-state index contributed by atoms with van der Waals surface area (Å²) in [7, 11) is 0. The van der Waals surface area contributed by atoms with Crippen LogP contribution < -0.4 is 5.32 Å². The van der Waals surface area contributed by atoms with E-state index in [-0.39, 0.29) is 23.8 Å². The van der Waals surface area contributed by atoms with E-state index in [1.54, 1.807) is 25.1 Å². The van der Waals surface area contributed by atoms with Crippen molar-refractivity contribution in [2.75, 3.05) is 19.6 Å². The Kier molecular flexibility index (Phi) is 9.86. The molecular weight excluding hydrogens is 344 g/mol. The molecule has 2 N–H and O–H groups in total. The Morgan fingerprint density at radius 3 is 2.48 bits per heavy atom. The average Bonchev–Trinajstić information content (AvgIpc) is 2.68. The van der Waals surface area contributed by atoms with Gasteiger partial charge >= 0.3 is 0 Å². The lowest BCUT2D eigenvalue weighted by Gasteiger charge is -2.32. The largest absolute Gasteiger partial charge is 0.508 e. The van der Waals surface area contributed by atoms with Gasteiger partial charge in [0.05, 0.1) is 0 Å². The summed E-state index contributed by atoms with van der Waals surface area (Å²) < 4.78 is 4.81. The monoisotopic (exact) mass is 378 g/mol. The summed E-state index contributed by atoms with van der Waals surface area (Å²) in [6, 6.07) is 5.09. The molecule has 1 aromatic rings. The maximum Gasteiger partial charge on any atom is 0.294 e. The topological polar surface area (TPSA) is 78.9 Å². The van der Waals surface area contributed by atoms with Gasteiger partial charge in [0.1, 0.15) is 12.0 Å². The van der Waals surface area contributed by atoms with Crippen molar-refractivity contribution in [3.8, 4) is 5.75 Å². The lowest BCUT2D eigenvalue weighted by molar-refractivity contribution is -0.134. The number of phenolic OH excluding ortho intramolecular Hbond substituents is 1. The number of amides is 1. The highest BCUT2D eigenvalue weighted by atomic mass is 16.5. The van der Waals surface area contributed by atoms with E-state index >= 15 is 0 Å². The summed E-state index contributed by atoms with van der Waals surface area (Å²) in [6.07, 6.45) is 1.55. The van der Waals surface area contributed by atoms with E-state index in [1.807, 2.05) is 32.6 Å². The standard InChI is InChI=1S/C19H28N2O4.C2H6/c1-13(2)17-10-16(4-5-18(17)23)19(24)21-8-6-15(7-9-21)11-20-14(3)25-12-22;1-2/h4-5,10,12-15,20,23H,6-9,11H2,1-3H3;1-2H3. The Morgan fingerprint density at radius 1 is 1.30 bits per heavy atom. The highest BCUT2D eigenvalue weighted by Gasteiger charge is 2.24. The number of rotatable bonds is 7. The highest BCUT2D eigenvalue weighted by Crippen LogP contribution is 2.27. The van der Waals surface area contributed by atoms with Gasteiger partial charge in [-0.2, -0.15) is 0 Å². The molecule has 1 heterocycles. The van der Waals surface area contributed by atoms with Crippen LogP contribution in [0.15, 0.2) is 18.2 Å². The fourth-order valence-corrected chi connectivity index (χ4v) is 3.14. The van der Waals surface area contributed by atoms with E-state index in [9.17, 15) is 14.7 Å². The number of carbonyl (C=O) groups excluding carboxylic acids is 2. The van der Waals surface area contributed by atoms with E-state index < -0.39 is 0 Å². The van der Waals surface area contributed by atoms with E-state index in [0.29, 0.717) is 31.0 Å². The SMILES string of the molecule is CC.CC(NCC1CCN(C(=O)c2ccc(O)c(C(C)C)c2)CC1)OC=O.